The zero-order valence-electron chi connectivity index (χ0n) is 8.36. The molecule has 1 heterocycles. The van der Waals surface area contributed by atoms with E-state index in [1.54, 1.807) is 0 Å². The van der Waals surface area contributed by atoms with Crippen LogP contribution < -0.4 is 0 Å². The molecule has 0 amide bonds. The second kappa shape index (κ2) is 6.19. The Morgan fingerprint density at radius 3 is 2.62 bits per heavy atom. The Morgan fingerprint density at radius 2 is 2.08 bits per heavy atom. The molecule has 0 saturated heterocycles. The molecule has 0 N–H and O–H groups in total. The van der Waals surface area contributed by atoms with E-state index in [9.17, 15) is 0 Å². The average Bonchev–Trinajstić information content (AvgIpc) is 2.05. The minimum Gasteiger partial charge on any atom is -0.660 e. The van der Waals surface area contributed by atoms with Gasteiger partial charge in [-0.05, 0) is 18.1 Å². The summed E-state index contributed by atoms with van der Waals surface area (Å²) in [6, 6.07) is 6.12. The molecule has 0 unspecified atom stereocenters. The van der Waals surface area contributed by atoms with Gasteiger partial charge in [0, 0.05) is 29.9 Å². The summed E-state index contributed by atoms with van der Waals surface area (Å²) in [7, 11) is 1.81. The van der Waals surface area contributed by atoms with Crippen LogP contribution in [0.15, 0.2) is 18.2 Å². The molecule has 1 aromatic rings. The second-order valence-corrected chi connectivity index (χ2v) is 3.18. The van der Waals surface area contributed by atoms with Gasteiger partial charge < -0.3 is 5.32 Å². The first-order chi connectivity index (χ1) is 5.74. The number of aromatic nitrogens is 1. The fraction of sp³-hybridized carbons (Fsp3) is 0.500. The SMILES string of the molecule is C[N-]Cc1cccc(C(C)C)n1.[V]. The van der Waals surface area contributed by atoms with Gasteiger partial charge in [0.2, 0.25) is 0 Å². The zero-order valence-corrected chi connectivity index (χ0v) is 9.75. The molecule has 0 aromatic carbocycles. The smallest absolute Gasteiger partial charge is 0.0431 e. The average molecular weight is 214 g/mol. The number of hydrogen-bond donors (Lipinski definition) is 0. The maximum absolute atomic E-state index is 4.47. The molecular weight excluding hydrogens is 199 g/mol. The molecule has 13 heavy (non-hydrogen) atoms. The van der Waals surface area contributed by atoms with Crippen molar-refractivity contribution in [3.8, 4) is 0 Å². The van der Waals surface area contributed by atoms with Crippen LogP contribution in [0.4, 0.5) is 0 Å². The van der Waals surface area contributed by atoms with Crippen molar-refractivity contribution in [2.75, 3.05) is 7.05 Å². The summed E-state index contributed by atoms with van der Waals surface area (Å²) in [5.74, 6) is 0.502. The van der Waals surface area contributed by atoms with Crippen molar-refractivity contribution >= 4 is 0 Å². The van der Waals surface area contributed by atoms with Crippen molar-refractivity contribution in [1.82, 2.24) is 4.98 Å². The first-order valence-electron chi connectivity index (χ1n) is 4.25. The van der Waals surface area contributed by atoms with Gasteiger partial charge in [0.05, 0.1) is 0 Å². The summed E-state index contributed by atoms with van der Waals surface area (Å²) in [4.78, 5) is 4.47. The van der Waals surface area contributed by atoms with E-state index >= 15 is 0 Å². The van der Waals surface area contributed by atoms with Crippen molar-refractivity contribution in [2.45, 2.75) is 26.3 Å². The molecule has 0 aliphatic rings. The largest absolute Gasteiger partial charge is 0.660 e. The molecule has 0 bridgehead atoms. The van der Waals surface area contributed by atoms with Crippen LogP contribution in [0.3, 0.4) is 0 Å². The third-order valence-corrected chi connectivity index (χ3v) is 1.74. The molecule has 0 aliphatic heterocycles. The van der Waals surface area contributed by atoms with Crippen LogP contribution in [0.1, 0.15) is 31.2 Å². The molecule has 0 saturated carbocycles. The van der Waals surface area contributed by atoms with Gasteiger partial charge in [-0.15, -0.1) is 6.54 Å². The summed E-state index contributed by atoms with van der Waals surface area (Å²) in [6.07, 6.45) is 0. The summed E-state index contributed by atoms with van der Waals surface area (Å²) in [5, 5.41) is 4.04. The van der Waals surface area contributed by atoms with Crippen LogP contribution >= 0.6 is 0 Å². The molecule has 71 valence electrons. The van der Waals surface area contributed by atoms with E-state index < -0.39 is 0 Å². The fourth-order valence-corrected chi connectivity index (χ4v) is 1.07. The van der Waals surface area contributed by atoms with Gasteiger partial charge in [-0.25, -0.2) is 0 Å². The first-order valence-corrected chi connectivity index (χ1v) is 4.25. The van der Waals surface area contributed by atoms with E-state index in [2.05, 4.69) is 30.2 Å². The Hall–Kier alpha value is -0.306. The Balaban J connectivity index is 0.00000144. The van der Waals surface area contributed by atoms with Crippen molar-refractivity contribution < 1.29 is 18.6 Å². The van der Waals surface area contributed by atoms with Gasteiger partial charge in [0.15, 0.2) is 0 Å². The maximum Gasteiger partial charge on any atom is 0.0431 e. The maximum atomic E-state index is 4.47. The Labute approximate surface area is 92.0 Å². The monoisotopic (exact) mass is 214 g/mol. The van der Waals surface area contributed by atoms with Crippen LogP contribution in [0, 0.1) is 0 Å². The summed E-state index contributed by atoms with van der Waals surface area (Å²) >= 11 is 0. The predicted octanol–water partition coefficient (Wildman–Crippen LogP) is 2.71. The predicted molar refractivity (Wildman–Crippen MR) is 51.3 cm³/mol. The Morgan fingerprint density at radius 1 is 1.38 bits per heavy atom. The Bertz CT molecular complexity index is 248. The van der Waals surface area contributed by atoms with Crippen LogP contribution in [-0.2, 0) is 25.1 Å². The minimum atomic E-state index is 0. The first kappa shape index (κ1) is 12.7. The zero-order chi connectivity index (χ0) is 8.97. The van der Waals surface area contributed by atoms with Crippen LogP contribution in [0.25, 0.3) is 5.32 Å². The van der Waals surface area contributed by atoms with Crippen molar-refractivity contribution in [3.63, 3.8) is 0 Å². The summed E-state index contributed by atoms with van der Waals surface area (Å²) in [5.41, 5.74) is 2.21. The van der Waals surface area contributed by atoms with Crippen molar-refractivity contribution in [1.29, 1.82) is 0 Å². The van der Waals surface area contributed by atoms with Crippen LogP contribution in [0.5, 0.6) is 0 Å². The third-order valence-electron chi connectivity index (χ3n) is 1.74. The molecular formula is C10H15N2V-. The second-order valence-electron chi connectivity index (χ2n) is 3.18. The van der Waals surface area contributed by atoms with Gasteiger partial charge in [0.1, 0.15) is 0 Å². The van der Waals surface area contributed by atoms with Crippen LogP contribution in [-0.4, -0.2) is 12.0 Å². The van der Waals surface area contributed by atoms with E-state index in [0.717, 1.165) is 17.9 Å². The molecule has 1 radical (unpaired) electrons. The van der Waals surface area contributed by atoms with E-state index in [1.807, 2.05) is 19.2 Å². The number of nitrogens with zero attached hydrogens (tertiary/aromatic N) is 2. The molecule has 0 atom stereocenters. The molecule has 0 fully saturated rings. The van der Waals surface area contributed by atoms with E-state index in [1.165, 1.54) is 0 Å². The fourth-order valence-electron chi connectivity index (χ4n) is 1.07. The van der Waals surface area contributed by atoms with E-state index in [4.69, 9.17) is 0 Å². The van der Waals surface area contributed by atoms with Gasteiger partial charge in [-0.3, -0.25) is 4.98 Å². The normalized spacial score (nSPS) is 9.85. The molecule has 3 heteroatoms. The molecule has 1 rings (SSSR count). The van der Waals surface area contributed by atoms with Gasteiger partial charge >= 0.3 is 0 Å². The topological polar surface area (TPSA) is 27.0 Å². The van der Waals surface area contributed by atoms with Gasteiger partial charge in [-0.2, -0.15) is 7.05 Å². The third kappa shape index (κ3) is 3.94. The summed E-state index contributed by atoms with van der Waals surface area (Å²) < 4.78 is 0. The minimum absolute atomic E-state index is 0. The van der Waals surface area contributed by atoms with Gasteiger partial charge in [0.25, 0.3) is 0 Å². The number of hydrogen-bond acceptors (Lipinski definition) is 1. The van der Waals surface area contributed by atoms with E-state index in [-0.39, 0.29) is 18.6 Å². The van der Waals surface area contributed by atoms with Crippen molar-refractivity contribution in [2.24, 2.45) is 0 Å². The Kier molecular flexibility index (Phi) is 6.05. The van der Waals surface area contributed by atoms with Crippen molar-refractivity contribution in [3.05, 3.63) is 34.9 Å². The van der Waals surface area contributed by atoms with E-state index in [0.29, 0.717) is 5.92 Å². The molecule has 2 nitrogen and oxygen atoms in total. The molecule has 0 aliphatic carbocycles. The van der Waals surface area contributed by atoms with Gasteiger partial charge in [-0.1, -0.05) is 19.9 Å². The number of pyridine rings is 1. The quantitative estimate of drug-likeness (QED) is 0.759. The summed E-state index contributed by atoms with van der Waals surface area (Å²) in [6.45, 7) is 5.02. The van der Waals surface area contributed by atoms with Crippen LogP contribution in [0.2, 0.25) is 0 Å². The molecule has 1 aromatic heterocycles. The molecule has 0 spiro atoms. The number of rotatable bonds is 3. The standard InChI is InChI=1S/C10H15N2.V/c1-8(2)10-6-4-5-9(12-10)7-11-3;/h4-6,8H,7H2,1-3H3;/q-1;.